The molecule has 3 aliphatic carbocycles. The molecule has 4 rings (SSSR count). The van der Waals surface area contributed by atoms with Gasteiger partial charge in [0.25, 0.3) is 5.91 Å². The number of rotatable bonds is 4. The predicted octanol–water partition coefficient (Wildman–Crippen LogP) is 3.98. The highest BCUT2D eigenvalue weighted by molar-refractivity contribution is 5.98. The van der Waals surface area contributed by atoms with E-state index in [0.29, 0.717) is 17.2 Å². The van der Waals surface area contributed by atoms with Gasteiger partial charge in [0.15, 0.2) is 0 Å². The predicted molar refractivity (Wildman–Crippen MR) is 98.3 cm³/mol. The van der Waals surface area contributed by atoms with Gasteiger partial charge < -0.3 is 10.6 Å². The van der Waals surface area contributed by atoms with Crippen molar-refractivity contribution in [2.45, 2.75) is 58.9 Å². The van der Waals surface area contributed by atoms with Gasteiger partial charge in [-0.15, -0.1) is 0 Å². The maximum absolute atomic E-state index is 12.8. The van der Waals surface area contributed by atoms with E-state index in [-0.39, 0.29) is 34.6 Å². The van der Waals surface area contributed by atoms with Crippen LogP contribution in [0.3, 0.4) is 0 Å². The molecule has 2 bridgehead atoms. The van der Waals surface area contributed by atoms with Gasteiger partial charge in [-0.3, -0.25) is 9.59 Å². The van der Waals surface area contributed by atoms with Crippen LogP contribution < -0.4 is 10.6 Å². The van der Waals surface area contributed by atoms with Gasteiger partial charge in [0.2, 0.25) is 5.91 Å². The summed E-state index contributed by atoms with van der Waals surface area (Å²) in [4.78, 5) is 24.7. The normalized spacial score (nSPS) is 32.4. The molecule has 0 radical (unpaired) electrons. The van der Waals surface area contributed by atoms with E-state index in [9.17, 15) is 9.59 Å². The van der Waals surface area contributed by atoms with Crippen molar-refractivity contribution in [2.24, 2.45) is 22.7 Å². The third-order valence-corrected chi connectivity index (χ3v) is 7.44. The van der Waals surface area contributed by atoms with Crippen LogP contribution in [0.4, 0.5) is 5.69 Å². The van der Waals surface area contributed by atoms with E-state index in [0.717, 1.165) is 19.3 Å². The zero-order valence-corrected chi connectivity index (χ0v) is 15.4. The highest BCUT2D eigenvalue weighted by Gasteiger charge is 2.61. The van der Waals surface area contributed by atoms with Gasteiger partial charge in [0, 0.05) is 23.2 Å². The number of benzene rings is 1. The van der Waals surface area contributed by atoms with Crippen LogP contribution in [0.1, 0.15) is 63.2 Å². The highest BCUT2D eigenvalue weighted by Crippen LogP contribution is 2.65. The Labute approximate surface area is 149 Å². The van der Waals surface area contributed by atoms with E-state index in [1.54, 1.807) is 6.07 Å². The van der Waals surface area contributed by atoms with Crippen molar-refractivity contribution in [1.82, 2.24) is 5.32 Å². The van der Waals surface area contributed by atoms with Crippen molar-refractivity contribution in [3.05, 3.63) is 29.8 Å². The molecule has 4 nitrogen and oxygen atoms in total. The number of amides is 2. The van der Waals surface area contributed by atoms with Gasteiger partial charge in [-0.05, 0) is 67.1 Å². The van der Waals surface area contributed by atoms with Crippen molar-refractivity contribution >= 4 is 17.5 Å². The molecule has 1 aromatic rings. The number of hydrogen-bond donors (Lipinski definition) is 2. The largest absolute Gasteiger partial charge is 0.349 e. The summed E-state index contributed by atoms with van der Waals surface area (Å²) in [5.41, 5.74) is 1.79. The Kier molecular flexibility index (Phi) is 3.71. The highest BCUT2D eigenvalue weighted by atomic mass is 16.2. The van der Waals surface area contributed by atoms with E-state index in [1.165, 1.54) is 12.8 Å². The average Bonchev–Trinajstić information content (AvgIpc) is 3.36. The monoisotopic (exact) mass is 340 g/mol. The van der Waals surface area contributed by atoms with Crippen LogP contribution in [-0.4, -0.2) is 17.9 Å². The molecule has 3 unspecified atom stereocenters. The van der Waals surface area contributed by atoms with Crippen LogP contribution in [-0.2, 0) is 4.79 Å². The third kappa shape index (κ3) is 2.66. The summed E-state index contributed by atoms with van der Waals surface area (Å²) in [5.74, 6) is 0.901. The van der Waals surface area contributed by atoms with Crippen molar-refractivity contribution in [3.8, 4) is 0 Å². The van der Waals surface area contributed by atoms with Crippen molar-refractivity contribution in [3.63, 3.8) is 0 Å². The molecule has 4 heteroatoms. The Hall–Kier alpha value is -1.84. The lowest BCUT2D eigenvalue weighted by Crippen LogP contribution is -2.46. The topological polar surface area (TPSA) is 58.2 Å². The number of hydrogen-bond acceptors (Lipinski definition) is 2. The quantitative estimate of drug-likeness (QED) is 0.871. The lowest BCUT2D eigenvalue weighted by Gasteiger charge is -2.39. The first-order valence-electron chi connectivity index (χ1n) is 9.53. The smallest absolute Gasteiger partial charge is 0.251 e. The fraction of sp³-hybridized carbons (Fsp3) is 0.619. The zero-order valence-electron chi connectivity index (χ0n) is 15.4. The second kappa shape index (κ2) is 5.58. The lowest BCUT2D eigenvalue weighted by atomic mass is 9.69. The van der Waals surface area contributed by atoms with E-state index in [4.69, 9.17) is 0 Å². The van der Waals surface area contributed by atoms with Gasteiger partial charge >= 0.3 is 0 Å². The van der Waals surface area contributed by atoms with Crippen LogP contribution in [0.25, 0.3) is 0 Å². The van der Waals surface area contributed by atoms with Gasteiger partial charge in [0.1, 0.15) is 0 Å². The van der Waals surface area contributed by atoms with Crippen LogP contribution in [0.15, 0.2) is 24.3 Å². The summed E-state index contributed by atoms with van der Waals surface area (Å²) in [6.07, 6.45) is 5.49. The van der Waals surface area contributed by atoms with Crippen LogP contribution >= 0.6 is 0 Å². The molecule has 25 heavy (non-hydrogen) atoms. The summed E-state index contributed by atoms with van der Waals surface area (Å²) in [7, 11) is 0. The molecule has 2 amide bonds. The first kappa shape index (κ1) is 16.6. The Morgan fingerprint density at radius 2 is 1.88 bits per heavy atom. The minimum absolute atomic E-state index is 0.0305. The summed E-state index contributed by atoms with van der Waals surface area (Å²) in [6.45, 7) is 7.03. The second-order valence-corrected chi connectivity index (χ2v) is 8.98. The van der Waals surface area contributed by atoms with Crippen molar-refractivity contribution in [1.29, 1.82) is 0 Å². The molecular weight excluding hydrogens is 312 g/mol. The SMILES string of the molecule is CC1(C)C2CCC1(C)C(NC(=O)c1cccc(NC(=O)C3CC3)c1)C2. The molecule has 134 valence electrons. The maximum atomic E-state index is 12.8. The third-order valence-electron chi connectivity index (χ3n) is 7.44. The number of carbonyl (C=O) groups excluding carboxylic acids is 2. The summed E-state index contributed by atoms with van der Waals surface area (Å²) < 4.78 is 0. The number of anilines is 1. The average molecular weight is 340 g/mol. The minimum atomic E-state index is -0.0305. The van der Waals surface area contributed by atoms with Crippen LogP contribution in [0.5, 0.6) is 0 Å². The summed E-state index contributed by atoms with van der Waals surface area (Å²) >= 11 is 0. The Morgan fingerprint density at radius 1 is 1.12 bits per heavy atom. The fourth-order valence-electron chi connectivity index (χ4n) is 4.99. The molecule has 3 fully saturated rings. The molecule has 0 spiro atoms. The lowest BCUT2D eigenvalue weighted by molar-refractivity contribution is -0.117. The zero-order chi connectivity index (χ0) is 17.8. The molecule has 3 atom stereocenters. The summed E-state index contributed by atoms with van der Waals surface area (Å²) in [5, 5.41) is 6.21. The van der Waals surface area contributed by atoms with E-state index in [2.05, 4.69) is 31.4 Å². The number of fused-ring (bicyclic) bond motifs is 2. The van der Waals surface area contributed by atoms with E-state index in [1.807, 2.05) is 18.2 Å². The molecule has 1 aromatic carbocycles. The van der Waals surface area contributed by atoms with E-state index >= 15 is 0 Å². The van der Waals surface area contributed by atoms with Gasteiger partial charge in [-0.1, -0.05) is 26.8 Å². The number of carbonyl (C=O) groups is 2. The van der Waals surface area contributed by atoms with Gasteiger partial charge in [-0.2, -0.15) is 0 Å². The Bertz CT molecular complexity index is 722. The molecule has 0 saturated heterocycles. The van der Waals surface area contributed by atoms with Crippen molar-refractivity contribution in [2.75, 3.05) is 5.32 Å². The molecule has 3 saturated carbocycles. The Morgan fingerprint density at radius 3 is 2.48 bits per heavy atom. The van der Waals surface area contributed by atoms with Crippen LogP contribution in [0, 0.1) is 22.7 Å². The molecular formula is C21H28N2O2. The first-order chi connectivity index (χ1) is 11.8. The maximum Gasteiger partial charge on any atom is 0.251 e. The summed E-state index contributed by atoms with van der Waals surface area (Å²) in [6, 6.07) is 7.53. The first-order valence-corrected chi connectivity index (χ1v) is 9.53. The van der Waals surface area contributed by atoms with E-state index < -0.39 is 0 Å². The molecule has 0 heterocycles. The standard InChI is InChI=1S/C21H28N2O2/c1-20(2)15-9-10-21(20,3)17(12-15)23-19(25)14-5-4-6-16(11-14)22-18(24)13-7-8-13/h4-6,11,13,15,17H,7-10,12H2,1-3H3,(H,22,24)(H,23,25). The number of nitrogens with one attached hydrogen (secondary N) is 2. The minimum Gasteiger partial charge on any atom is -0.349 e. The molecule has 0 aromatic heterocycles. The second-order valence-electron chi connectivity index (χ2n) is 8.98. The van der Waals surface area contributed by atoms with Gasteiger partial charge in [0.05, 0.1) is 0 Å². The molecule has 3 aliphatic rings. The molecule has 2 N–H and O–H groups in total. The molecule has 0 aliphatic heterocycles. The van der Waals surface area contributed by atoms with Crippen LogP contribution in [0.2, 0.25) is 0 Å². The van der Waals surface area contributed by atoms with Crippen molar-refractivity contribution < 1.29 is 9.59 Å². The van der Waals surface area contributed by atoms with Gasteiger partial charge in [-0.25, -0.2) is 0 Å². The fourth-order valence-corrected chi connectivity index (χ4v) is 4.99. The Balaban J connectivity index is 1.46.